The molecule has 0 spiro atoms. The van der Waals surface area contributed by atoms with E-state index < -0.39 is 0 Å². The number of pyridine rings is 1. The number of ether oxygens (including phenoxy) is 3. The van der Waals surface area contributed by atoms with Gasteiger partial charge in [-0.25, -0.2) is 9.37 Å². The fraction of sp³-hybridized carbons (Fsp3) is 0.160. The largest absolute Gasteiger partial charge is 0.493 e. The maximum atomic E-state index is 13.7. The van der Waals surface area contributed by atoms with Gasteiger partial charge in [-0.15, -0.1) is 0 Å². The predicted octanol–water partition coefficient (Wildman–Crippen LogP) is 5.10. The zero-order chi connectivity index (χ0) is 24.1. The molecule has 0 aliphatic rings. The third-order valence-corrected chi connectivity index (χ3v) is 6.05. The fourth-order valence-electron chi connectivity index (χ4n) is 3.37. The summed E-state index contributed by atoms with van der Waals surface area (Å²) in [5, 5.41) is 0.462. The quantitative estimate of drug-likeness (QED) is 0.327. The van der Waals surface area contributed by atoms with E-state index in [0.717, 1.165) is 5.56 Å². The molecule has 9 heteroatoms. The summed E-state index contributed by atoms with van der Waals surface area (Å²) in [5.41, 5.74) is 2.15. The van der Waals surface area contributed by atoms with E-state index >= 15 is 0 Å². The molecule has 0 radical (unpaired) electrons. The monoisotopic (exact) mass is 479 g/mol. The van der Waals surface area contributed by atoms with Crippen molar-refractivity contribution in [1.29, 1.82) is 0 Å². The molecule has 1 amide bonds. The summed E-state index contributed by atoms with van der Waals surface area (Å²) in [6.07, 6.45) is 6.47. The number of rotatable bonds is 8. The highest BCUT2D eigenvalue weighted by atomic mass is 32.1. The van der Waals surface area contributed by atoms with Gasteiger partial charge < -0.3 is 14.2 Å². The number of carbonyl (C=O) groups is 1. The van der Waals surface area contributed by atoms with Crippen molar-refractivity contribution < 1.29 is 23.4 Å². The number of halogens is 1. The first-order chi connectivity index (χ1) is 16.5. The van der Waals surface area contributed by atoms with Crippen LogP contribution in [-0.4, -0.2) is 37.2 Å². The van der Waals surface area contributed by atoms with Gasteiger partial charge in [-0.3, -0.25) is 14.7 Å². The van der Waals surface area contributed by atoms with Gasteiger partial charge in [0, 0.05) is 18.5 Å². The number of hydrogen-bond acceptors (Lipinski definition) is 7. The van der Waals surface area contributed by atoms with Crippen molar-refractivity contribution in [3.05, 3.63) is 77.9 Å². The van der Waals surface area contributed by atoms with Crippen molar-refractivity contribution in [2.24, 2.45) is 0 Å². The van der Waals surface area contributed by atoms with Crippen LogP contribution in [0.2, 0.25) is 0 Å². The molecule has 4 aromatic rings. The summed E-state index contributed by atoms with van der Waals surface area (Å²) in [4.78, 5) is 23.5. The Bertz CT molecular complexity index is 1320. The van der Waals surface area contributed by atoms with E-state index in [1.807, 2.05) is 6.07 Å². The molecule has 7 nitrogen and oxygen atoms in total. The highest BCUT2D eigenvalue weighted by Crippen LogP contribution is 2.38. The molecule has 0 aliphatic carbocycles. The second kappa shape index (κ2) is 10.3. The highest BCUT2D eigenvalue weighted by molar-refractivity contribution is 7.22. The minimum absolute atomic E-state index is 0.259. The summed E-state index contributed by atoms with van der Waals surface area (Å²) < 4.78 is 30.5. The standard InChI is InChI=1S/C25H22FN3O4S/c1-31-20-11-16(12-21(32-2)24(20)33-3)6-9-23(30)29(15-17-5-4-10-27-14-17)25-28-19-8-7-18(26)13-22(19)34-25/h4-14H,15H2,1-3H3/b9-6+. The normalized spacial score (nSPS) is 11.1. The molecule has 2 heterocycles. The second-order valence-corrected chi connectivity index (χ2v) is 8.20. The average Bonchev–Trinajstić information content (AvgIpc) is 3.28. The Kier molecular flexibility index (Phi) is 7.03. The molecule has 2 aromatic carbocycles. The molecule has 0 aliphatic heterocycles. The fourth-order valence-corrected chi connectivity index (χ4v) is 4.37. The first-order valence-electron chi connectivity index (χ1n) is 10.3. The number of hydrogen-bond donors (Lipinski definition) is 0. The van der Waals surface area contributed by atoms with Crippen LogP contribution in [0.3, 0.4) is 0 Å². The highest BCUT2D eigenvalue weighted by Gasteiger charge is 2.19. The van der Waals surface area contributed by atoms with Gasteiger partial charge in [-0.2, -0.15) is 0 Å². The molecular weight excluding hydrogens is 457 g/mol. The van der Waals surface area contributed by atoms with E-state index in [0.29, 0.717) is 38.2 Å². The van der Waals surface area contributed by atoms with Gasteiger partial charge in [0.2, 0.25) is 5.75 Å². The number of nitrogens with zero attached hydrogens (tertiary/aromatic N) is 3. The molecule has 0 unspecified atom stereocenters. The molecule has 0 fully saturated rings. The van der Waals surface area contributed by atoms with Crippen molar-refractivity contribution in [3.63, 3.8) is 0 Å². The van der Waals surface area contributed by atoms with Gasteiger partial charge in [-0.1, -0.05) is 17.4 Å². The Morgan fingerprint density at radius 2 is 1.85 bits per heavy atom. The molecule has 0 atom stereocenters. The number of carbonyl (C=O) groups excluding carboxylic acids is 1. The predicted molar refractivity (Wildman–Crippen MR) is 130 cm³/mol. The summed E-state index contributed by atoms with van der Waals surface area (Å²) in [5.74, 6) is 0.782. The molecule has 0 bridgehead atoms. The van der Waals surface area contributed by atoms with E-state index in [1.54, 1.807) is 42.7 Å². The van der Waals surface area contributed by atoms with E-state index in [1.165, 1.54) is 55.8 Å². The maximum Gasteiger partial charge on any atom is 0.253 e. The Labute approximate surface area is 200 Å². The van der Waals surface area contributed by atoms with E-state index in [2.05, 4.69) is 9.97 Å². The van der Waals surface area contributed by atoms with Crippen LogP contribution in [0.1, 0.15) is 11.1 Å². The smallest absolute Gasteiger partial charge is 0.253 e. The number of fused-ring (bicyclic) bond motifs is 1. The molecule has 34 heavy (non-hydrogen) atoms. The van der Waals surface area contributed by atoms with Gasteiger partial charge in [-0.05, 0) is 53.6 Å². The van der Waals surface area contributed by atoms with Crippen molar-refractivity contribution in [2.75, 3.05) is 26.2 Å². The number of benzene rings is 2. The zero-order valence-electron chi connectivity index (χ0n) is 18.8. The number of anilines is 1. The lowest BCUT2D eigenvalue weighted by atomic mass is 10.1. The van der Waals surface area contributed by atoms with Crippen molar-refractivity contribution >= 4 is 38.7 Å². The lowest BCUT2D eigenvalue weighted by Gasteiger charge is -2.18. The Morgan fingerprint density at radius 3 is 2.50 bits per heavy atom. The average molecular weight is 480 g/mol. The second-order valence-electron chi connectivity index (χ2n) is 7.19. The van der Waals surface area contributed by atoms with Crippen LogP contribution in [0.25, 0.3) is 16.3 Å². The Hall–Kier alpha value is -3.98. The molecule has 174 valence electrons. The molecule has 0 saturated heterocycles. The molecule has 0 N–H and O–H groups in total. The zero-order valence-corrected chi connectivity index (χ0v) is 19.6. The summed E-state index contributed by atoms with van der Waals surface area (Å²) >= 11 is 1.25. The molecule has 0 saturated carbocycles. The number of amides is 1. The molecule has 4 rings (SSSR count). The number of aromatic nitrogens is 2. The van der Waals surface area contributed by atoms with Crippen LogP contribution in [0.4, 0.5) is 9.52 Å². The molecular formula is C25H22FN3O4S. The van der Waals surface area contributed by atoms with Crippen LogP contribution in [0, 0.1) is 5.82 Å². The minimum Gasteiger partial charge on any atom is -0.493 e. The van der Waals surface area contributed by atoms with Gasteiger partial charge in [0.25, 0.3) is 5.91 Å². The first-order valence-corrected chi connectivity index (χ1v) is 11.1. The van der Waals surface area contributed by atoms with Crippen LogP contribution < -0.4 is 19.1 Å². The van der Waals surface area contributed by atoms with Crippen LogP contribution >= 0.6 is 11.3 Å². The van der Waals surface area contributed by atoms with Gasteiger partial charge in [0.1, 0.15) is 5.82 Å². The summed E-state index contributed by atoms with van der Waals surface area (Å²) in [6, 6.07) is 11.5. The first kappa shape index (κ1) is 23.2. The van der Waals surface area contributed by atoms with Gasteiger partial charge in [0.05, 0.1) is 38.1 Å². The topological polar surface area (TPSA) is 73.8 Å². The summed E-state index contributed by atoms with van der Waals surface area (Å²) in [7, 11) is 4.59. The lowest BCUT2D eigenvalue weighted by Crippen LogP contribution is -2.28. The van der Waals surface area contributed by atoms with Crippen molar-refractivity contribution in [1.82, 2.24) is 9.97 Å². The minimum atomic E-state index is -0.352. The van der Waals surface area contributed by atoms with Gasteiger partial charge >= 0.3 is 0 Å². The van der Waals surface area contributed by atoms with Gasteiger partial charge in [0.15, 0.2) is 16.6 Å². The third kappa shape index (κ3) is 4.99. The van der Waals surface area contributed by atoms with Crippen LogP contribution in [-0.2, 0) is 11.3 Å². The molecule has 2 aromatic heterocycles. The van der Waals surface area contributed by atoms with E-state index in [4.69, 9.17) is 14.2 Å². The number of thiazole rings is 1. The van der Waals surface area contributed by atoms with E-state index in [9.17, 15) is 9.18 Å². The number of methoxy groups -OCH3 is 3. The van der Waals surface area contributed by atoms with Crippen LogP contribution in [0.5, 0.6) is 17.2 Å². The van der Waals surface area contributed by atoms with Crippen LogP contribution in [0.15, 0.2) is 60.9 Å². The maximum absolute atomic E-state index is 13.7. The Morgan fingerprint density at radius 1 is 1.09 bits per heavy atom. The van der Waals surface area contributed by atoms with Crippen molar-refractivity contribution in [2.45, 2.75) is 6.54 Å². The lowest BCUT2D eigenvalue weighted by molar-refractivity contribution is -0.114. The van der Waals surface area contributed by atoms with E-state index in [-0.39, 0.29) is 18.3 Å². The summed E-state index contributed by atoms with van der Waals surface area (Å²) in [6.45, 7) is 0.259. The van der Waals surface area contributed by atoms with Crippen molar-refractivity contribution in [3.8, 4) is 17.2 Å². The third-order valence-electron chi connectivity index (χ3n) is 5.01. The Balaban J connectivity index is 1.68. The SMILES string of the molecule is COc1cc(/C=C/C(=O)N(Cc2cccnc2)c2nc3ccc(F)cc3s2)cc(OC)c1OC.